The number of primary amides is 2. The highest BCUT2D eigenvalue weighted by molar-refractivity contribution is 9.10. The third kappa shape index (κ3) is 6.84. The second kappa shape index (κ2) is 12.1. The van der Waals surface area contributed by atoms with Crippen LogP contribution in [0.2, 0.25) is 0 Å². The smallest absolute Gasteiger partial charge is 0.386 e. The Bertz CT molecular complexity index is 1590. The van der Waals surface area contributed by atoms with E-state index >= 15 is 0 Å². The van der Waals surface area contributed by atoms with E-state index in [9.17, 15) is 36.7 Å². The first-order chi connectivity index (χ1) is 19.7. The highest BCUT2D eigenvalue weighted by Gasteiger charge is 2.43. The van der Waals surface area contributed by atoms with E-state index in [1.54, 1.807) is 12.1 Å². The molecule has 2 aromatic carbocycles. The number of halogens is 5. The maximum Gasteiger partial charge on any atom is 0.491 e. The highest BCUT2D eigenvalue weighted by Crippen LogP contribution is 2.37. The van der Waals surface area contributed by atoms with Crippen LogP contribution >= 0.6 is 15.9 Å². The molecule has 42 heavy (non-hydrogen) atoms. The molecule has 4 rings (SSSR count). The van der Waals surface area contributed by atoms with E-state index in [4.69, 9.17) is 11.5 Å². The number of hydrogen-bond donors (Lipinski definition) is 4. The number of guanidine groups is 1. The Morgan fingerprint density at radius 1 is 1.19 bits per heavy atom. The summed E-state index contributed by atoms with van der Waals surface area (Å²) in [7, 11) is 0. The number of rotatable bonds is 8. The van der Waals surface area contributed by atoms with Crippen LogP contribution in [0.15, 0.2) is 52.1 Å². The number of ether oxygens (including phenoxy) is 1. The molecule has 0 aliphatic carbocycles. The van der Waals surface area contributed by atoms with Crippen LogP contribution in [0.1, 0.15) is 34.3 Å². The van der Waals surface area contributed by atoms with Crippen molar-refractivity contribution in [3.8, 4) is 0 Å². The molecule has 1 aliphatic heterocycles. The summed E-state index contributed by atoms with van der Waals surface area (Å²) in [4.78, 5) is 53.0. The summed E-state index contributed by atoms with van der Waals surface area (Å²) in [5.41, 5.74) is 11.9. The van der Waals surface area contributed by atoms with Crippen molar-refractivity contribution >= 4 is 62.2 Å². The van der Waals surface area contributed by atoms with Gasteiger partial charge < -0.3 is 26.8 Å². The molecular weight excluding hydrogens is 634 g/mol. The second-order valence-electron chi connectivity index (χ2n) is 9.17. The van der Waals surface area contributed by atoms with Gasteiger partial charge in [0.25, 0.3) is 0 Å². The number of amides is 2. The minimum atomic E-state index is -5.43. The lowest BCUT2D eigenvalue weighted by atomic mass is 9.88. The summed E-state index contributed by atoms with van der Waals surface area (Å²) < 4.78 is 57.3. The van der Waals surface area contributed by atoms with Gasteiger partial charge in [-0.2, -0.15) is 18.3 Å². The Morgan fingerprint density at radius 3 is 2.52 bits per heavy atom. The first-order valence-electron chi connectivity index (χ1n) is 12.1. The molecule has 2 unspecified atom stereocenters. The summed E-state index contributed by atoms with van der Waals surface area (Å²) in [5.74, 6) is -7.31. The van der Waals surface area contributed by atoms with Crippen LogP contribution in [0.5, 0.6) is 0 Å². The molecule has 1 aliphatic rings. The molecule has 2 amide bonds. The number of benzene rings is 2. The van der Waals surface area contributed by atoms with Gasteiger partial charge in [0, 0.05) is 21.3 Å². The number of alkyl halides is 4. The number of carbonyl (C=O) groups is 4. The van der Waals surface area contributed by atoms with Crippen LogP contribution in [-0.4, -0.2) is 64.9 Å². The molecule has 1 aromatic heterocycles. The maximum absolute atomic E-state index is 13.5. The highest BCUT2D eigenvalue weighted by atomic mass is 79.9. The SMILES string of the molecule is NC(=O)c1cc(NC2=NCC(F)CN2)c2cnn(C(C(N)=O)[C@@H](CC(=O)OC(=O)C(F)(F)F)c3cccc(Br)c3)c2c1. The number of esters is 2. The zero-order valence-corrected chi connectivity index (χ0v) is 22.9. The zero-order chi connectivity index (χ0) is 30.8. The van der Waals surface area contributed by atoms with Gasteiger partial charge in [-0.1, -0.05) is 28.1 Å². The van der Waals surface area contributed by atoms with Crippen LogP contribution in [0.3, 0.4) is 0 Å². The topological polar surface area (TPSA) is 184 Å². The van der Waals surface area contributed by atoms with Crippen LogP contribution in [0.25, 0.3) is 10.9 Å². The van der Waals surface area contributed by atoms with Gasteiger partial charge in [0.15, 0.2) is 5.96 Å². The number of nitrogens with zero attached hydrogens (tertiary/aromatic N) is 3. The predicted octanol–water partition coefficient (Wildman–Crippen LogP) is 2.44. The van der Waals surface area contributed by atoms with Gasteiger partial charge in [0.05, 0.1) is 36.9 Å². The van der Waals surface area contributed by atoms with E-state index in [1.165, 1.54) is 30.5 Å². The van der Waals surface area contributed by atoms with Crippen LogP contribution < -0.4 is 22.1 Å². The number of carbonyl (C=O) groups excluding carboxylic acids is 4. The van der Waals surface area contributed by atoms with Gasteiger partial charge in [0.2, 0.25) is 11.8 Å². The monoisotopic (exact) mass is 655 g/mol. The van der Waals surface area contributed by atoms with E-state index < -0.39 is 54.5 Å². The number of nitrogens with two attached hydrogens (primary N) is 2. The van der Waals surface area contributed by atoms with Crippen molar-refractivity contribution in [2.45, 2.75) is 30.7 Å². The molecule has 6 N–H and O–H groups in total. The van der Waals surface area contributed by atoms with Gasteiger partial charge in [-0.15, -0.1) is 0 Å². The van der Waals surface area contributed by atoms with E-state index in [1.807, 2.05) is 0 Å². The average molecular weight is 656 g/mol. The van der Waals surface area contributed by atoms with E-state index in [0.29, 0.717) is 9.86 Å². The van der Waals surface area contributed by atoms with Crippen molar-refractivity contribution in [2.75, 3.05) is 18.4 Å². The fourth-order valence-electron chi connectivity index (χ4n) is 4.36. The van der Waals surface area contributed by atoms with Crippen molar-refractivity contribution < 1.29 is 41.5 Å². The molecule has 0 spiro atoms. The van der Waals surface area contributed by atoms with E-state index in [0.717, 1.165) is 4.68 Å². The zero-order valence-electron chi connectivity index (χ0n) is 21.3. The summed E-state index contributed by atoms with van der Waals surface area (Å²) >= 11 is 3.27. The lowest BCUT2D eigenvalue weighted by Gasteiger charge is -2.26. The minimum Gasteiger partial charge on any atom is -0.386 e. The lowest BCUT2D eigenvalue weighted by Crippen LogP contribution is -2.41. The third-order valence-electron chi connectivity index (χ3n) is 6.23. The second-order valence-corrected chi connectivity index (χ2v) is 10.1. The van der Waals surface area contributed by atoms with Crippen LogP contribution in [0, 0.1) is 0 Å². The molecule has 222 valence electrons. The van der Waals surface area contributed by atoms with Gasteiger partial charge in [-0.25, -0.2) is 14.2 Å². The predicted molar refractivity (Wildman–Crippen MR) is 144 cm³/mol. The molecule has 0 saturated heterocycles. The molecule has 0 bridgehead atoms. The lowest BCUT2D eigenvalue weighted by molar-refractivity contribution is -0.202. The van der Waals surface area contributed by atoms with E-state index in [-0.39, 0.29) is 41.4 Å². The number of hydrogen-bond acceptors (Lipinski definition) is 9. The third-order valence-corrected chi connectivity index (χ3v) is 6.72. The fraction of sp³-hybridized carbons (Fsp3) is 0.280. The normalized spacial score (nSPS) is 16.6. The minimum absolute atomic E-state index is 0.0191. The van der Waals surface area contributed by atoms with E-state index in [2.05, 4.69) is 41.4 Å². The summed E-state index contributed by atoms with van der Waals surface area (Å²) in [6.45, 7) is -0.132. The van der Waals surface area contributed by atoms with Crippen molar-refractivity contribution in [1.82, 2.24) is 15.1 Å². The first-order valence-corrected chi connectivity index (χ1v) is 12.9. The maximum atomic E-state index is 13.5. The fourth-order valence-corrected chi connectivity index (χ4v) is 4.78. The molecule has 0 radical (unpaired) electrons. The van der Waals surface area contributed by atoms with Crippen LogP contribution in [-0.2, 0) is 19.1 Å². The quantitative estimate of drug-likeness (QED) is 0.162. The van der Waals surface area contributed by atoms with Gasteiger partial charge in [-0.3, -0.25) is 19.1 Å². The van der Waals surface area contributed by atoms with Crippen LogP contribution in [0.4, 0.5) is 23.2 Å². The standard InChI is InChI=1S/C25H22BrF4N7O5/c26-13-3-1-2-11(4-13)15(7-19(38)42-23(41)25(28,29)30)20(22(32)40)37-18-6-12(21(31)39)5-17(16(18)10-35-37)36-24-33-8-14(27)9-34-24/h1-6,10,14-15,20H,7-9H2,(H2,31,39)(H2,32,40)(H2,33,34,36)/t15-,20?/m0/s1. The first kappa shape index (κ1) is 30.4. The Kier molecular flexibility index (Phi) is 8.79. The van der Waals surface area contributed by atoms with Gasteiger partial charge in [-0.05, 0) is 29.8 Å². The molecule has 2 heterocycles. The Balaban J connectivity index is 1.82. The van der Waals surface area contributed by atoms with Gasteiger partial charge in [0.1, 0.15) is 12.2 Å². The number of nitrogens with one attached hydrogen (secondary N) is 2. The molecule has 3 aromatic rings. The number of aromatic nitrogens is 2. The Morgan fingerprint density at radius 2 is 1.93 bits per heavy atom. The molecule has 3 atom stereocenters. The average Bonchev–Trinajstić information content (AvgIpc) is 3.32. The molecule has 0 saturated carbocycles. The largest absolute Gasteiger partial charge is 0.491 e. The summed E-state index contributed by atoms with van der Waals surface area (Å²) in [6.07, 6.45) is -6.21. The number of anilines is 1. The van der Waals surface area contributed by atoms with Gasteiger partial charge >= 0.3 is 18.1 Å². The van der Waals surface area contributed by atoms with Crippen molar-refractivity contribution in [2.24, 2.45) is 16.5 Å². The summed E-state index contributed by atoms with van der Waals surface area (Å²) in [5, 5.41) is 10.3. The molecule has 0 fully saturated rings. The van der Waals surface area contributed by atoms with Crippen molar-refractivity contribution in [3.05, 3.63) is 58.2 Å². The molecule has 17 heteroatoms. The van der Waals surface area contributed by atoms with Crippen molar-refractivity contribution in [3.63, 3.8) is 0 Å². The molecular formula is C25H22BrF4N7O5. The molecule has 12 nitrogen and oxygen atoms in total. The van der Waals surface area contributed by atoms with Crippen molar-refractivity contribution in [1.29, 1.82) is 0 Å². The number of aliphatic imine (C=N–C) groups is 1. The Labute approximate surface area is 242 Å². The summed E-state index contributed by atoms with van der Waals surface area (Å²) in [6, 6.07) is 7.31. The Hall–Kier alpha value is -4.54. The number of fused-ring (bicyclic) bond motifs is 1.